The van der Waals surface area contributed by atoms with Gasteiger partial charge in [0.2, 0.25) is 0 Å². The van der Waals surface area contributed by atoms with Gasteiger partial charge in [-0.25, -0.2) is 4.21 Å². The minimum Gasteiger partial charge on any atom is -0.324 e. The van der Waals surface area contributed by atoms with Crippen molar-refractivity contribution >= 4 is 22.6 Å². The molecule has 0 fully saturated rings. The van der Waals surface area contributed by atoms with Crippen LogP contribution in [0, 0.1) is 0 Å². The fourth-order valence-corrected chi connectivity index (χ4v) is 1.16. The summed E-state index contributed by atoms with van der Waals surface area (Å²) in [6, 6.07) is 6.84. The van der Waals surface area contributed by atoms with Crippen LogP contribution in [0.1, 0.15) is 0 Å². The molecule has 0 heterocycles. The molecule has 0 bridgehead atoms. The number of hydrogen-bond acceptors (Lipinski definition) is 3. The highest BCUT2D eigenvalue weighted by atomic mass is 32.2. The van der Waals surface area contributed by atoms with E-state index in [-0.39, 0.29) is 0 Å². The fourth-order valence-electron chi connectivity index (χ4n) is 0.858. The Balaban J connectivity index is 2.85. The van der Waals surface area contributed by atoms with E-state index in [1.165, 1.54) is 11.4 Å². The number of benzene rings is 1. The SMILES string of the molecule is CN(c1ccc(NN)cc1)S(=O)O. The summed E-state index contributed by atoms with van der Waals surface area (Å²) >= 11 is -1.99. The maximum absolute atomic E-state index is 10.7. The third-order valence-electron chi connectivity index (χ3n) is 1.63. The Kier molecular flexibility index (Phi) is 3.24. The normalized spacial score (nSPS) is 12.2. The summed E-state index contributed by atoms with van der Waals surface area (Å²) in [7, 11) is 1.53. The molecule has 0 aliphatic carbocycles. The zero-order valence-corrected chi connectivity index (χ0v) is 7.91. The van der Waals surface area contributed by atoms with Gasteiger partial charge in [0.05, 0.1) is 5.69 Å². The molecule has 72 valence electrons. The third kappa shape index (κ3) is 2.41. The maximum atomic E-state index is 10.7. The van der Waals surface area contributed by atoms with Gasteiger partial charge in [-0.05, 0) is 24.3 Å². The molecule has 13 heavy (non-hydrogen) atoms. The molecule has 1 aromatic rings. The second-order valence-corrected chi connectivity index (χ2v) is 3.43. The van der Waals surface area contributed by atoms with Crippen molar-refractivity contribution in [3.8, 4) is 0 Å². The largest absolute Gasteiger partial charge is 0.324 e. The first kappa shape index (κ1) is 9.97. The fraction of sp³-hybridized carbons (Fsp3) is 0.143. The van der Waals surface area contributed by atoms with Crippen LogP contribution in [0.2, 0.25) is 0 Å². The minimum atomic E-state index is -1.99. The lowest BCUT2D eigenvalue weighted by atomic mass is 10.3. The van der Waals surface area contributed by atoms with Gasteiger partial charge in [-0.3, -0.25) is 14.7 Å². The van der Waals surface area contributed by atoms with E-state index in [1.54, 1.807) is 24.3 Å². The lowest BCUT2D eigenvalue weighted by Gasteiger charge is -2.13. The number of anilines is 2. The summed E-state index contributed by atoms with van der Waals surface area (Å²) in [6.07, 6.45) is 0. The third-order valence-corrected chi connectivity index (χ3v) is 2.31. The van der Waals surface area contributed by atoms with Crippen LogP contribution in [0.5, 0.6) is 0 Å². The molecule has 0 amide bonds. The zero-order chi connectivity index (χ0) is 9.84. The molecule has 1 aromatic carbocycles. The molecule has 0 radical (unpaired) electrons. The van der Waals surface area contributed by atoms with Crippen LogP contribution in [-0.4, -0.2) is 15.8 Å². The molecule has 0 aliphatic rings. The van der Waals surface area contributed by atoms with Gasteiger partial charge < -0.3 is 5.43 Å². The molecule has 5 nitrogen and oxygen atoms in total. The van der Waals surface area contributed by atoms with E-state index in [0.717, 1.165) is 5.69 Å². The van der Waals surface area contributed by atoms with Crippen molar-refractivity contribution in [2.24, 2.45) is 5.84 Å². The molecule has 0 spiro atoms. The van der Waals surface area contributed by atoms with Gasteiger partial charge in [-0.15, -0.1) is 0 Å². The Morgan fingerprint density at radius 1 is 1.46 bits per heavy atom. The molecule has 0 saturated heterocycles. The number of hydrogen-bond donors (Lipinski definition) is 3. The van der Waals surface area contributed by atoms with Crippen LogP contribution in [0.25, 0.3) is 0 Å². The monoisotopic (exact) mass is 201 g/mol. The number of nitrogens with zero attached hydrogens (tertiary/aromatic N) is 1. The molecule has 1 atom stereocenters. The number of nitrogen functional groups attached to an aromatic ring is 1. The van der Waals surface area contributed by atoms with Gasteiger partial charge in [0.25, 0.3) is 11.3 Å². The Labute approximate surface area is 78.9 Å². The highest BCUT2D eigenvalue weighted by Crippen LogP contribution is 2.16. The summed E-state index contributed by atoms with van der Waals surface area (Å²) in [5.41, 5.74) is 3.87. The summed E-state index contributed by atoms with van der Waals surface area (Å²) in [5, 5.41) is 0. The van der Waals surface area contributed by atoms with E-state index >= 15 is 0 Å². The van der Waals surface area contributed by atoms with Crippen LogP contribution in [-0.2, 0) is 11.3 Å². The summed E-state index contributed by atoms with van der Waals surface area (Å²) in [6.45, 7) is 0. The molecule has 6 heteroatoms. The molecule has 0 saturated carbocycles. The summed E-state index contributed by atoms with van der Waals surface area (Å²) in [4.78, 5) is 0. The predicted molar refractivity (Wildman–Crippen MR) is 53.4 cm³/mol. The van der Waals surface area contributed by atoms with Gasteiger partial charge >= 0.3 is 0 Å². The second kappa shape index (κ2) is 4.22. The Hall–Kier alpha value is -1.11. The van der Waals surface area contributed by atoms with Gasteiger partial charge in [0.1, 0.15) is 0 Å². The highest BCUT2D eigenvalue weighted by molar-refractivity contribution is 7.80. The number of hydrazine groups is 1. The van der Waals surface area contributed by atoms with Crippen molar-refractivity contribution in [3.05, 3.63) is 24.3 Å². The quantitative estimate of drug-likeness (QED) is 0.379. The van der Waals surface area contributed by atoms with E-state index in [9.17, 15) is 4.21 Å². The summed E-state index contributed by atoms with van der Waals surface area (Å²) < 4.78 is 20.6. The van der Waals surface area contributed by atoms with E-state index in [2.05, 4.69) is 5.43 Å². The average Bonchev–Trinajstić information content (AvgIpc) is 2.17. The van der Waals surface area contributed by atoms with Crippen LogP contribution < -0.4 is 15.6 Å². The molecular weight excluding hydrogens is 190 g/mol. The van der Waals surface area contributed by atoms with Crippen molar-refractivity contribution < 1.29 is 8.76 Å². The zero-order valence-electron chi connectivity index (χ0n) is 7.10. The molecule has 0 aromatic heterocycles. The van der Waals surface area contributed by atoms with Crippen LogP contribution in [0.15, 0.2) is 24.3 Å². The van der Waals surface area contributed by atoms with E-state index in [1.807, 2.05) is 0 Å². The van der Waals surface area contributed by atoms with Crippen LogP contribution in [0.4, 0.5) is 11.4 Å². The van der Waals surface area contributed by atoms with Gasteiger partial charge in [-0.2, -0.15) is 0 Å². The van der Waals surface area contributed by atoms with Crippen molar-refractivity contribution in [1.29, 1.82) is 0 Å². The summed E-state index contributed by atoms with van der Waals surface area (Å²) in [5.74, 6) is 5.16. The number of nitrogens with two attached hydrogens (primary N) is 1. The minimum absolute atomic E-state index is 0.653. The van der Waals surface area contributed by atoms with Gasteiger partial charge in [0, 0.05) is 12.7 Å². The van der Waals surface area contributed by atoms with Crippen molar-refractivity contribution in [3.63, 3.8) is 0 Å². The van der Waals surface area contributed by atoms with E-state index in [0.29, 0.717) is 5.69 Å². The topological polar surface area (TPSA) is 78.6 Å². The lowest BCUT2D eigenvalue weighted by Crippen LogP contribution is -2.19. The molecule has 1 unspecified atom stereocenters. The Morgan fingerprint density at radius 3 is 2.38 bits per heavy atom. The van der Waals surface area contributed by atoms with Crippen LogP contribution in [0.3, 0.4) is 0 Å². The first-order valence-corrected chi connectivity index (χ1v) is 4.63. The molecular formula is C7H11N3O2S. The molecule has 0 aliphatic heterocycles. The number of rotatable bonds is 3. The van der Waals surface area contributed by atoms with Crippen molar-refractivity contribution in [2.75, 3.05) is 16.8 Å². The van der Waals surface area contributed by atoms with E-state index < -0.39 is 11.3 Å². The van der Waals surface area contributed by atoms with Crippen molar-refractivity contribution in [1.82, 2.24) is 0 Å². The maximum Gasteiger partial charge on any atom is 0.261 e. The smallest absolute Gasteiger partial charge is 0.261 e. The molecule has 1 rings (SSSR count). The standard InChI is InChI=1S/C7H11N3O2S/c1-10(13(11)12)7-4-2-6(9-8)3-5-7/h2-5,9H,8H2,1H3,(H,11,12). The van der Waals surface area contributed by atoms with Gasteiger partial charge in [0.15, 0.2) is 0 Å². The lowest BCUT2D eigenvalue weighted by molar-refractivity contribution is 0.562. The first-order chi connectivity index (χ1) is 6.15. The first-order valence-electron chi connectivity index (χ1n) is 3.56. The average molecular weight is 201 g/mol. The predicted octanol–water partition coefficient (Wildman–Crippen LogP) is 0.545. The van der Waals surface area contributed by atoms with Crippen molar-refractivity contribution in [2.45, 2.75) is 0 Å². The molecule has 4 N–H and O–H groups in total. The number of nitrogens with one attached hydrogen (secondary N) is 1. The van der Waals surface area contributed by atoms with Gasteiger partial charge in [-0.1, -0.05) is 0 Å². The van der Waals surface area contributed by atoms with Crippen LogP contribution >= 0.6 is 0 Å². The highest BCUT2D eigenvalue weighted by Gasteiger charge is 2.04. The Morgan fingerprint density at radius 2 is 2.00 bits per heavy atom. The van der Waals surface area contributed by atoms with E-state index in [4.69, 9.17) is 10.4 Å². The Bertz CT molecular complexity index is 301. The second-order valence-electron chi connectivity index (χ2n) is 2.42.